The Kier molecular flexibility index (Phi) is 4.76. The van der Waals surface area contributed by atoms with Crippen molar-refractivity contribution in [3.63, 3.8) is 0 Å². The highest BCUT2D eigenvalue weighted by Gasteiger charge is 2.07. The summed E-state index contributed by atoms with van der Waals surface area (Å²) in [5.74, 6) is 1.54. The van der Waals surface area contributed by atoms with Crippen molar-refractivity contribution in [2.45, 2.75) is 0 Å². The van der Waals surface area contributed by atoms with Crippen molar-refractivity contribution in [3.8, 4) is 11.5 Å². The predicted octanol–water partition coefficient (Wildman–Crippen LogP) is 4.80. The van der Waals surface area contributed by atoms with Gasteiger partial charge in [-0.25, -0.2) is 4.98 Å². The minimum Gasteiger partial charge on any atom is -0.503 e. The molecule has 24 heavy (non-hydrogen) atoms. The third-order valence-corrected chi connectivity index (χ3v) is 3.75. The maximum atomic E-state index is 9.81. The van der Waals surface area contributed by atoms with Crippen molar-refractivity contribution in [2.75, 3.05) is 7.11 Å². The zero-order valence-electron chi connectivity index (χ0n) is 12.7. The molecule has 7 nitrogen and oxygen atoms in total. The Labute approximate surface area is 146 Å². The fourth-order valence-corrected chi connectivity index (χ4v) is 2.44. The number of halogens is 1. The first-order valence-corrected chi connectivity index (χ1v) is 7.80. The molecule has 0 fully saturated rings. The summed E-state index contributed by atoms with van der Waals surface area (Å²) in [6, 6.07) is 7.17. The topological polar surface area (TPSA) is 98.7 Å². The second-order valence-electron chi connectivity index (χ2n) is 4.80. The normalized spacial score (nSPS) is 11.6. The van der Waals surface area contributed by atoms with Crippen molar-refractivity contribution in [2.24, 2.45) is 10.2 Å². The summed E-state index contributed by atoms with van der Waals surface area (Å²) in [6.07, 6.45) is 7.14. The summed E-state index contributed by atoms with van der Waals surface area (Å²) in [6.45, 7) is 0. The number of nitrogens with zero attached hydrogens (tertiary/aromatic N) is 3. The molecule has 0 saturated heterocycles. The van der Waals surface area contributed by atoms with Gasteiger partial charge in [0.15, 0.2) is 17.3 Å². The molecule has 0 bridgehead atoms. The third kappa shape index (κ3) is 3.72. The molecule has 122 valence electrons. The molecule has 0 aliphatic carbocycles. The van der Waals surface area contributed by atoms with Crippen molar-refractivity contribution >= 4 is 39.8 Å². The van der Waals surface area contributed by atoms with Gasteiger partial charge in [-0.1, -0.05) is 6.08 Å². The van der Waals surface area contributed by atoms with Gasteiger partial charge in [-0.05, 0) is 51.8 Å². The quantitative estimate of drug-likeness (QED) is 0.548. The molecule has 0 spiro atoms. The first-order chi connectivity index (χ1) is 11.7. The van der Waals surface area contributed by atoms with Gasteiger partial charge in [0.05, 0.1) is 23.5 Å². The number of phenols is 1. The van der Waals surface area contributed by atoms with Gasteiger partial charge in [0.2, 0.25) is 5.95 Å². The van der Waals surface area contributed by atoms with Crippen LogP contribution < -0.4 is 4.74 Å². The molecule has 0 atom stereocenters. The fourth-order valence-electron chi connectivity index (χ4n) is 1.98. The highest BCUT2D eigenvalue weighted by molar-refractivity contribution is 9.10. The molecule has 8 heteroatoms. The molecular formula is C16H14BrN5O2. The van der Waals surface area contributed by atoms with Gasteiger partial charge in [-0.2, -0.15) is 0 Å². The number of methoxy groups -OCH3 is 1. The van der Waals surface area contributed by atoms with Gasteiger partial charge in [0.1, 0.15) is 0 Å². The minimum atomic E-state index is 0.0724. The SMILES string of the molecule is COc1cc(/C=C/c2cnc(N=Nc3ccc[nH]3)[nH]2)cc(Br)c1O. The van der Waals surface area contributed by atoms with E-state index in [0.717, 1.165) is 11.3 Å². The van der Waals surface area contributed by atoms with Crippen LogP contribution in [0.3, 0.4) is 0 Å². The Morgan fingerprint density at radius 3 is 2.92 bits per heavy atom. The number of benzene rings is 1. The summed E-state index contributed by atoms with van der Waals surface area (Å²) < 4.78 is 5.69. The summed E-state index contributed by atoms with van der Waals surface area (Å²) in [5, 5.41) is 17.8. The van der Waals surface area contributed by atoms with Crippen LogP contribution in [0.25, 0.3) is 12.2 Å². The van der Waals surface area contributed by atoms with E-state index in [1.54, 1.807) is 24.5 Å². The summed E-state index contributed by atoms with van der Waals surface area (Å²) in [7, 11) is 1.51. The van der Waals surface area contributed by atoms with Crippen molar-refractivity contribution in [1.82, 2.24) is 15.0 Å². The average molecular weight is 388 g/mol. The lowest BCUT2D eigenvalue weighted by Crippen LogP contribution is -1.85. The van der Waals surface area contributed by atoms with E-state index in [9.17, 15) is 5.11 Å². The number of aromatic nitrogens is 3. The maximum absolute atomic E-state index is 9.81. The second kappa shape index (κ2) is 7.14. The number of phenolic OH excluding ortho intramolecular Hbond substituents is 1. The summed E-state index contributed by atoms with van der Waals surface area (Å²) in [5.41, 5.74) is 1.64. The lowest BCUT2D eigenvalue weighted by atomic mass is 10.2. The number of azo groups is 1. The largest absolute Gasteiger partial charge is 0.503 e. The first kappa shape index (κ1) is 16.0. The lowest BCUT2D eigenvalue weighted by molar-refractivity contribution is 0.372. The number of H-pyrrole nitrogens is 2. The van der Waals surface area contributed by atoms with Gasteiger partial charge in [0.25, 0.3) is 0 Å². The van der Waals surface area contributed by atoms with Crippen LogP contribution >= 0.6 is 15.9 Å². The monoisotopic (exact) mass is 387 g/mol. The molecule has 2 heterocycles. The van der Waals surface area contributed by atoms with Gasteiger partial charge in [-0.15, -0.1) is 10.2 Å². The Balaban J connectivity index is 1.75. The van der Waals surface area contributed by atoms with Crippen LogP contribution in [0.1, 0.15) is 11.3 Å². The number of rotatable bonds is 5. The molecule has 0 saturated carbocycles. The Morgan fingerprint density at radius 2 is 2.17 bits per heavy atom. The van der Waals surface area contributed by atoms with Crippen LogP contribution in [-0.2, 0) is 0 Å². The number of aromatic amines is 2. The van der Waals surface area contributed by atoms with E-state index in [1.165, 1.54) is 7.11 Å². The number of hydrogen-bond acceptors (Lipinski definition) is 5. The van der Waals surface area contributed by atoms with E-state index in [1.807, 2.05) is 24.3 Å². The van der Waals surface area contributed by atoms with Crippen LogP contribution in [0.5, 0.6) is 11.5 Å². The molecule has 0 aliphatic heterocycles. The molecule has 0 amide bonds. The zero-order chi connectivity index (χ0) is 16.9. The Bertz CT molecular complexity index is 884. The smallest absolute Gasteiger partial charge is 0.247 e. The zero-order valence-corrected chi connectivity index (χ0v) is 14.3. The Morgan fingerprint density at radius 1 is 1.29 bits per heavy atom. The van der Waals surface area contributed by atoms with Crippen molar-refractivity contribution in [3.05, 3.63) is 52.4 Å². The van der Waals surface area contributed by atoms with Crippen LogP contribution in [0.4, 0.5) is 11.8 Å². The van der Waals surface area contributed by atoms with E-state index in [0.29, 0.717) is 22.0 Å². The Hall–Kier alpha value is -2.87. The number of aromatic hydroxyl groups is 1. The molecular weight excluding hydrogens is 374 g/mol. The van der Waals surface area contributed by atoms with E-state index in [2.05, 4.69) is 41.1 Å². The third-order valence-electron chi connectivity index (χ3n) is 3.14. The molecule has 2 aromatic heterocycles. The molecule has 0 unspecified atom stereocenters. The summed E-state index contributed by atoms with van der Waals surface area (Å²) in [4.78, 5) is 10.1. The fraction of sp³-hybridized carbons (Fsp3) is 0.0625. The highest BCUT2D eigenvalue weighted by Crippen LogP contribution is 2.35. The van der Waals surface area contributed by atoms with Crippen molar-refractivity contribution < 1.29 is 9.84 Å². The first-order valence-electron chi connectivity index (χ1n) is 7.00. The number of hydrogen-bond donors (Lipinski definition) is 3. The van der Waals surface area contributed by atoms with Gasteiger partial charge in [-0.3, -0.25) is 0 Å². The van der Waals surface area contributed by atoms with Gasteiger partial charge >= 0.3 is 0 Å². The standard InChI is InChI=1S/C16H14BrN5O2/c1-24-13-8-10(7-12(17)15(13)23)4-5-11-9-19-16(20-11)22-21-14-3-2-6-18-14/h2-9,18,23H,1H3,(H,19,20)/b5-4+,22-21?. The van der Waals surface area contributed by atoms with E-state index >= 15 is 0 Å². The number of ether oxygens (including phenoxy) is 1. The molecule has 3 N–H and O–H groups in total. The second-order valence-corrected chi connectivity index (χ2v) is 5.66. The van der Waals surface area contributed by atoms with Crippen LogP contribution in [0, 0.1) is 0 Å². The van der Waals surface area contributed by atoms with Gasteiger partial charge in [0, 0.05) is 6.20 Å². The lowest BCUT2D eigenvalue weighted by Gasteiger charge is -2.06. The maximum Gasteiger partial charge on any atom is 0.247 e. The van der Waals surface area contributed by atoms with Gasteiger partial charge < -0.3 is 19.8 Å². The number of imidazole rings is 1. The van der Waals surface area contributed by atoms with Crippen LogP contribution in [0.15, 0.2) is 51.4 Å². The number of nitrogens with one attached hydrogen (secondary N) is 2. The molecule has 3 rings (SSSR count). The average Bonchev–Trinajstić information content (AvgIpc) is 3.25. The summed E-state index contributed by atoms with van der Waals surface area (Å²) >= 11 is 3.29. The van der Waals surface area contributed by atoms with Crippen LogP contribution in [-0.4, -0.2) is 27.2 Å². The van der Waals surface area contributed by atoms with Crippen molar-refractivity contribution in [1.29, 1.82) is 0 Å². The molecule has 0 aliphatic rings. The molecule has 0 radical (unpaired) electrons. The van der Waals surface area contributed by atoms with E-state index in [-0.39, 0.29) is 5.75 Å². The van der Waals surface area contributed by atoms with E-state index < -0.39 is 0 Å². The predicted molar refractivity (Wildman–Crippen MR) is 94.8 cm³/mol. The van der Waals surface area contributed by atoms with E-state index in [4.69, 9.17) is 4.74 Å². The minimum absolute atomic E-state index is 0.0724. The molecule has 3 aromatic rings. The van der Waals surface area contributed by atoms with Crippen LogP contribution in [0.2, 0.25) is 0 Å². The highest BCUT2D eigenvalue weighted by atomic mass is 79.9. The molecule has 1 aromatic carbocycles.